The van der Waals surface area contributed by atoms with Gasteiger partial charge in [-0.25, -0.2) is 9.97 Å². The van der Waals surface area contributed by atoms with Crippen LogP contribution in [0.2, 0.25) is 20.4 Å². The molecule has 0 saturated heterocycles. The van der Waals surface area contributed by atoms with Crippen LogP contribution in [0.4, 0.5) is 0 Å². The zero-order valence-electron chi connectivity index (χ0n) is 19.1. The van der Waals surface area contributed by atoms with Gasteiger partial charge in [0.2, 0.25) is 0 Å². The maximum absolute atomic E-state index is 6.07. The number of halogens is 4. The Bertz CT molecular complexity index is 1690. The van der Waals surface area contributed by atoms with Gasteiger partial charge in [0.25, 0.3) is 0 Å². The Morgan fingerprint density at radius 2 is 1.33 bits per heavy atom. The first-order valence-corrected chi connectivity index (χ1v) is 12.8. The molecule has 0 atom stereocenters. The molecule has 8 heteroatoms. The fraction of sp³-hybridized carbons (Fsp3) is 0.0714. The largest absolute Gasteiger partial charge is 0.353 e. The van der Waals surface area contributed by atoms with E-state index in [9.17, 15) is 0 Å². The lowest BCUT2D eigenvalue weighted by Crippen LogP contribution is -1.96. The smallest absolute Gasteiger partial charge is 0.129 e. The summed E-state index contributed by atoms with van der Waals surface area (Å²) < 4.78 is 2.21. The van der Waals surface area contributed by atoms with Gasteiger partial charge in [0, 0.05) is 22.3 Å². The summed E-state index contributed by atoms with van der Waals surface area (Å²) >= 11 is 23.8. The average Bonchev–Trinajstić information content (AvgIpc) is 3.45. The molecule has 180 valence electrons. The molecule has 36 heavy (non-hydrogen) atoms. The van der Waals surface area contributed by atoms with Gasteiger partial charge >= 0.3 is 0 Å². The predicted octanol–water partition coefficient (Wildman–Crippen LogP) is 9.57. The number of aromatic nitrogens is 4. The zero-order valence-corrected chi connectivity index (χ0v) is 22.2. The Kier molecular flexibility index (Phi) is 7.22. The Morgan fingerprint density at radius 1 is 0.694 bits per heavy atom. The van der Waals surface area contributed by atoms with E-state index in [1.54, 1.807) is 6.07 Å². The Labute approximate surface area is 228 Å². The van der Waals surface area contributed by atoms with Gasteiger partial charge in [-0.3, -0.25) is 0 Å². The van der Waals surface area contributed by atoms with Gasteiger partial charge < -0.3 is 9.55 Å². The first-order valence-electron chi connectivity index (χ1n) is 11.2. The predicted molar refractivity (Wildman–Crippen MR) is 152 cm³/mol. The molecule has 0 aliphatic rings. The zero-order chi connectivity index (χ0) is 25.2. The number of hydrogen-bond acceptors (Lipinski definition) is 2. The number of aryl methyl sites for hydroxylation is 1. The van der Waals surface area contributed by atoms with Gasteiger partial charge in [-0.1, -0.05) is 70.7 Å². The third kappa shape index (κ3) is 5.23. The minimum absolute atomic E-state index is 0.495. The monoisotopic (exact) mass is 552 g/mol. The van der Waals surface area contributed by atoms with E-state index in [1.807, 2.05) is 72.8 Å². The van der Waals surface area contributed by atoms with Crippen molar-refractivity contribution in [2.24, 2.45) is 0 Å². The number of aromatic amines is 1. The summed E-state index contributed by atoms with van der Waals surface area (Å²) in [4.78, 5) is 11.9. The highest BCUT2D eigenvalue weighted by Crippen LogP contribution is 2.30. The summed E-state index contributed by atoms with van der Waals surface area (Å²) in [6.07, 6.45) is 0. The third-order valence-corrected chi connectivity index (χ3v) is 6.63. The number of fused-ring (bicyclic) bond motifs is 2. The lowest BCUT2D eigenvalue weighted by atomic mass is 10.1. The summed E-state index contributed by atoms with van der Waals surface area (Å²) in [5.74, 6) is 0. The average molecular weight is 554 g/mol. The molecule has 1 N–H and O–H groups in total. The highest BCUT2D eigenvalue weighted by Gasteiger charge is 2.11. The fourth-order valence-corrected chi connectivity index (χ4v) is 4.83. The van der Waals surface area contributed by atoms with Gasteiger partial charge in [-0.15, -0.1) is 0 Å². The minimum Gasteiger partial charge on any atom is -0.353 e. The second-order valence-corrected chi connectivity index (χ2v) is 9.73. The van der Waals surface area contributed by atoms with E-state index in [2.05, 4.69) is 32.5 Å². The molecule has 2 aromatic carbocycles. The van der Waals surface area contributed by atoms with Crippen molar-refractivity contribution in [1.82, 2.24) is 19.5 Å². The van der Waals surface area contributed by atoms with Crippen LogP contribution in [0.15, 0.2) is 84.9 Å². The Morgan fingerprint density at radius 3 is 2.03 bits per heavy atom. The van der Waals surface area contributed by atoms with E-state index in [0.717, 1.165) is 56.1 Å². The van der Waals surface area contributed by atoms with E-state index >= 15 is 0 Å². The van der Waals surface area contributed by atoms with Crippen molar-refractivity contribution in [2.75, 3.05) is 0 Å². The molecule has 6 aromatic rings. The van der Waals surface area contributed by atoms with Crippen molar-refractivity contribution < 1.29 is 0 Å². The van der Waals surface area contributed by atoms with Crippen molar-refractivity contribution >= 4 is 68.5 Å². The summed E-state index contributed by atoms with van der Waals surface area (Å²) in [5.41, 5.74) is 8.02. The van der Waals surface area contributed by atoms with Gasteiger partial charge in [-0.2, -0.15) is 0 Å². The van der Waals surface area contributed by atoms with Crippen LogP contribution in [-0.4, -0.2) is 19.5 Å². The van der Waals surface area contributed by atoms with Crippen LogP contribution in [0.1, 0.15) is 6.92 Å². The third-order valence-electron chi connectivity index (χ3n) is 5.74. The molecule has 0 unspecified atom stereocenters. The maximum Gasteiger partial charge on any atom is 0.129 e. The van der Waals surface area contributed by atoms with Gasteiger partial charge in [-0.05, 0) is 78.7 Å². The fourth-order valence-electron chi connectivity index (χ4n) is 4.14. The Balaban J connectivity index is 0.000000149. The molecule has 4 nitrogen and oxygen atoms in total. The molecule has 0 bridgehead atoms. The number of rotatable bonds is 3. The van der Waals surface area contributed by atoms with Crippen molar-refractivity contribution in [3.05, 3.63) is 105 Å². The first kappa shape index (κ1) is 24.7. The maximum atomic E-state index is 6.07. The molecule has 6 rings (SSSR count). The highest BCUT2D eigenvalue weighted by molar-refractivity contribution is 6.31. The van der Waals surface area contributed by atoms with Crippen molar-refractivity contribution in [2.45, 2.75) is 13.5 Å². The quantitative estimate of drug-likeness (QED) is 0.222. The summed E-state index contributed by atoms with van der Waals surface area (Å²) in [6.45, 7) is 2.98. The van der Waals surface area contributed by atoms with Crippen molar-refractivity contribution in [1.29, 1.82) is 0 Å². The van der Waals surface area contributed by atoms with Crippen LogP contribution in [0.3, 0.4) is 0 Å². The number of H-pyrrole nitrogens is 1. The van der Waals surface area contributed by atoms with E-state index < -0.39 is 0 Å². The van der Waals surface area contributed by atoms with E-state index in [0.29, 0.717) is 15.3 Å². The van der Waals surface area contributed by atoms with Gasteiger partial charge in [0.05, 0.1) is 27.8 Å². The summed E-state index contributed by atoms with van der Waals surface area (Å²) in [6, 6.07) is 27.0. The number of nitrogens with zero attached hydrogens (tertiary/aromatic N) is 3. The lowest BCUT2D eigenvalue weighted by Gasteiger charge is -2.08. The van der Waals surface area contributed by atoms with Crippen LogP contribution >= 0.6 is 46.4 Å². The van der Waals surface area contributed by atoms with Gasteiger partial charge in [0.15, 0.2) is 0 Å². The molecule has 0 aliphatic carbocycles. The normalized spacial score (nSPS) is 11.0. The molecule has 0 saturated carbocycles. The lowest BCUT2D eigenvalue weighted by molar-refractivity contribution is 0.805. The standard InChI is InChI=1S/C15H12Cl2N2.C13H8Cl2N2/c1-2-19-13-6-7-15(17)18-12(13)9-14(19)10-4-3-5-11(16)8-10;14-9-3-1-2-8(6-9)11-7-12-10(16-11)4-5-13(15)17-12/h3-9H,2H2,1H3;1-7,16H. The number of benzene rings is 2. The second kappa shape index (κ2) is 10.5. The number of pyridine rings is 2. The molecule has 0 amide bonds. The molecule has 0 fully saturated rings. The van der Waals surface area contributed by atoms with Crippen LogP contribution in [0.5, 0.6) is 0 Å². The minimum atomic E-state index is 0.495. The van der Waals surface area contributed by atoms with E-state index in [1.165, 1.54) is 0 Å². The molecule has 4 aromatic heterocycles. The molecule has 4 heterocycles. The molecule has 0 radical (unpaired) electrons. The second-order valence-electron chi connectivity index (χ2n) is 8.08. The van der Waals surface area contributed by atoms with Gasteiger partial charge in [0.1, 0.15) is 10.3 Å². The first-order chi connectivity index (χ1) is 17.4. The topological polar surface area (TPSA) is 46.5 Å². The number of hydrogen-bond donors (Lipinski definition) is 1. The molecule has 0 spiro atoms. The highest BCUT2D eigenvalue weighted by atomic mass is 35.5. The summed E-state index contributed by atoms with van der Waals surface area (Å²) in [5, 5.41) is 2.45. The van der Waals surface area contributed by atoms with Crippen LogP contribution in [0.25, 0.3) is 44.6 Å². The van der Waals surface area contributed by atoms with Crippen LogP contribution < -0.4 is 0 Å². The molecule has 0 aliphatic heterocycles. The van der Waals surface area contributed by atoms with Crippen LogP contribution in [-0.2, 0) is 6.54 Å². The van der Waals surface area contributed by atoms with E-state index in [4.69, 9.17) is 46.4 Å². The molecular weight excluding hydrogens is 534 g/mol. The molecular formula is C28H20Cl4N4. The summed E-state index contributed by atoms with van der Waals surface area (Å²) in [7, 11) is 0. The van der Waals surface area contributed by atoms with Crippen molar-refractivity contribution in [3.63, 3.8) is 0 Å². The SMILES string of the molecule is CCn1c(-c2cccc(Cl)c2)cc2nc(Cl)ccc21.Clc1cccc(-c2cc3nc(Cl)ccc3[nH]2)c1. The Hall–Kier alpha value is -3.02. The van der Waals surface area contributed by atoms with Crippen LogP contribution in [0, 0.1) is 0 Å². The van der Waals surface area contributed by atoms with Crippen molar-refractivity contribution in [3.8, 4) is 22.5 Å². The van der Waals surface area contributed by atoms with E-state index in [-0.39, 0.29) is 0 Å². The number of nitrogens with one attached hydrogen (secondary N) is 1.